The summed E-state index contributed by atoms with van der Waals surface area (Å²) in [6, 6.07) is 0. The zero-order valence-corrected chi connectivity index (χ0v) is 8.91. The fourth-order valence-electron chi connectivity index (χ4n) is 2.75. The summed E-state index contributed by atoms with van der Waals surface area (Å²) >= 11 is 0. The molecule has 2 N–H and O–H groups in total. The van der Waals surface area contributed by atoms with Gasteiger partial charge in [-0.15, -0.1) is 12.4 Å². The first-order valence-electron chi connectivity index (χ1n) is 5.24. The van der Waals surface area contributed by atoms with E-state index in [4.69, 9.17) is 0 Å². The summed E-state index contributed by atoms with van der Waals surface area (Å²) in [6.07, 6.45) is 6.93. The molecule has 0 atom stereocenters. The second kappa shape index (κ2) is 4.63. The lowest BCUT2D eigenvalue weighted by atomic mass is 9.80. The summed E-state index contributed by atoms with van der Waals surface area (Å²) in [5.41, 5.74) is -0.276. The van der Waals surface area contributed by atoms with Gasteiger partial charge in [-0.2, -0.15) is 0 Å². The van der Waals surface area contributed by atoms with Crippen LogP contribution >= 0.6 is 12.4 Å². The highest BCUT2D eigenvalue weighted by atomic mass is 35.5. The maximum atomic E-state index is 10.3. The van der Waals surface area contributed by atoms with Crippen LogP contribution in [0.5, 0.6) is 0 Å². The third-order valence-corrected chi connectivity index (χ3v) is 3.57. The minimum atomic E-state index is -0.276. The second-order valence-corrected chi connectivity index (χ2v) is 4.33. The zero-order chi connectivity index (χ0) is 8.44. The molecule has 0 unspecified atom stereocenters. The van der Waals surface area contributed by atoms with Gasteiger partial charge in [-0.1, -0.05) is 12.8 Å². The number of piperidine rings is 1. The first kappa shape index (κ1) is 11.3. The van der Waals surface area contributed by atoms with Crippen molar-refractivity contribution in [2.75, 3.05) is 13.1 Å². The molecule has 2 rings (SSSR count). The Bertz CT molecular complexity index is 151. The maximum Gasteiger partial charge on any atom is 0.0676 e. The lowest BCUT2D eigenvalue weighted by Crippen LogP contribution is -2.41. The maximum absolute atomic E-state index is 10.3. The van der Waals surface area contributed by atoms with Crippen molar-refractivity contribution >= 4 is 12.4 Å². The van der Waals surface area contributed by atoms with Gasteiger partial charge in [0, 0.05) is 0 Å². The Morgan fingerprint density at radius 1 is 1.08 bits per heavy atom. The standard InChI is InChI=1S/C10H19NO.ClH/c12-10(5-1-2-6-10)9-3-7-11-8-4-9;/h9,11-12H,1-8H2;1H. The number of hydrogen-bond acceptors (Lipinski definition) is 2. The van der Waals surface area contributed by atoms with Crippen molar-refractivity contribution in [3.05, 3.63) is 0 Å². The van der Waals surface area contributed by atoms with E-state index < -0.39 is 0 Å². The van der Waals surface area contributed by atoms with Gasteiger partial charge in [0.05, 0.1) is 5.60 Å². The molecule has 1 saturated heterocycles. The molecule has 0 radical (unpaired) electrons. The molecule has 13 heavy (non-hydrogen) atoms. The van der Waals surface area contributed by atoms with Crippen LogP contribution in [0, 0.1) is 5.92 Å². The molecule has 0 aromatic heterocycles. The highest BCUT2D eigenvalue weighted by Crippen LogP contribution is 2.39. The van der Waals surface area contributed by atoms with Crippen molar-refractivity contribution in [1.82, 2.24) is 5.32 Å². The van der Waals surface area contributed by atoms with E-state index in [-0.39, 0.29) is 18.0 Å². The Morgan fingerprint density at radius 3 is 2.15 bits per heavy atom. The van der Waals surface area contributed by atoms with Gasteiger partial charge in [-0.25, -0.2) is 0 Å². The second-order valence-electron chi connectivity index (χ2n) is 4.33. The molecule has 0 aromatic carbocycles. The molecule has 1 heterocycles. The molecule has 1 aliphatic heterocycles. The van der Waals surface area contributed by atoms with Crippen molar-refractivity contribution in [1.29, 1.82) is 0 Å². The van der Waals surface area contributed by atoms with Crippen molar-refractivity contribution in [3.8, 4) is 0 Å². The van der Waals surface area contributed by atoms with Crippen LogP contribution < -0.4 is 5.32 Å². The van der Waals surface area contributed by atoms with Crippen LogP contribution in [0.1, 0.15) is 38.5 Å². The fourth-order valence-corrected chi connectivity index (χ4v) is 2.75. The Morgan fingerprint density at radius 2 is 1.62 bits per heavy atom. The summed E-state index contributed by atoms with van der Waals surface area (Å²) < 4.78 is 0. The first-order valence-corrected chi connectivity index (χ1v) is 5.24. The van der Waals surface area contributed by atoms with Crippen LogP contribution in [0.15, 0.2) is 0 Å². The van der Waals surface area contributed by atoms with Crippen LogP contribution in [0.4, 0.5) is 0 Å². The summed E-state index contributed by atoms with van der Waals surface area (Å²) in [7, 11) is 0. The third kappa shape index (κ3) is 2.36. The molecule has 0 amide bonds. The highest BCUT2D eigenvalue weighted by molar-refractivity contribution is 5.85. The Kier molecular flexibility index (Phi) is 4.02. The molecule has 1 saturated carbocycles. The van der Waals surface area contributed by atoms with E-state index in [1.54, 1.807) is 0 Å². The lowest BCUT2D eigenvalue weighted by Gasteiger charge is -2.35. The van der Waals surface area contributed by atoms with Crippen LogP contribution in [0.2, 0.25) is 0 Å². The van der Waals surface area contributed by atoms with Gasteiger partial charge in [0.25, 0.3) is 0 Å². The minimum Gasteiger partial charge on any atom is -0.390 e. The van der Waals surface area contributed by atoms with E-state index in [1.165, 1.54) is 25.7 Å². The average molecular weight is 206 g/mol. The number of halogens is 1. The summed E-state index contributed by atoms with van der Waals surface area (Å²) in [5, 5.41) is 13.6. The average Bonchev–Trinajstić information content (AvgIpc) is 2.55. The van der Waals surface area contributed by atoms with E-state index in [0.717, 1.165) is 25.9 Å². The molecule has 2 fully saturated rings. The monoisotopic (exact) mass is 205 g/mol. The van der Waals surface area contributed by atoms with Crippen LogP contribution in [0.3, 0.4) is 0 Å². The van der Waals surface area contributed by atoms with Gasteiger partial charge in [-0.3, -0.25) is 0 Å². The molecule has 0 spiro atoms. The van der Waals surface area contributed by atoms with E-state index >= 15 is 0 Å². The molecular weight excluding hydrogens is 186 g/mol. The van der Waals surface area contributed by atoms with Gasteiger partial charge in [0.1, 0.15) is 0 Å². The SMILES string of the molecule is Cl.OC1(C2CCNCC2)CCCC1. The number of aliphatic hydroxyl groups is 1. The smallest absolute Gasteiger partial charge is 0.0676 e. The van der Waals surface area contributed by atoms with Crippen LogP contribution in [-0.2, 0) is 0 Å². The van der Waals surface area contributed by atoms with Gasteiger partial charge < -0.3 is 10.4 Å². The number of rotatable bonds is 1. The van der Waals surface area contributed by atoms with Gasteiger partial charge in [0.15, 0.2) is 0 Å². The van der Waals surface area contributed by atoms with E-state index in [2.05, 4.69) is 5.32 Å². The van der Waals surface area contributed by atoms with Gasteiger partial charge in [0.2, 0.25) is 0 Å². The third-order valence-electron chi connectivity index (χ3n) is 3.57. The Hall–Kier alpha value is 0.210. The lowest BCUT2D eigenvalue weighted by molar-refractivity contribution is -0.0240. The van der Waals surface area contributed by atoms with Gasteiger partial charge >= 0.3 is 0 Å². The predicted molar refractivity (Wildman–Crippen MR) is 56.3 cm³/mol. The molecule has 0 aromatic rings. The summed E-state index contributed by atoms with van der Waals surface area (Å²) in [6.45, 7) is 2.21. The summed E-state index contributed by atoms with van der Waals surface area (Å²) in [5.74, 6) is 0.584. The van der Waals surface area contributed by atoms with Crippen LogP contribution in [0.25, 0.3) is 0 Å². The first-order chi connectivity index (χ1) is 5.81. The van der Waals surface area contributed by atoms with E-state index in [1.807, 2.05) is 0 Å². The Balaban J connectivity index is 0.000000845. The largest absolute Gasteiger partial charge is 0.390 e. The molecule has 1 aliphatic carbocycles. The van der Waals surface area contributed by atoms with Gasteiger partial charge in [-0.05, 0) is 44.7 Å². The van der Waals surface area contributed by atoms with Crippen molar-refractivity contribution < 1.29 is 5.11 Å². The van der Waals surface area contributed by atoms with Crippen molar-refractivity contribution in [3.63, 3.8) is 0 Å². The quantitative estimate of drug-likeness (QED) is 0.683. The summed E-state index contributed by atoms with van der Waals surface area (Å²) in [4.78, 5) is 0. The fraction of sp³-hybridized carbons (Fsp3) is 1.00. The zero-order valence-electron chi connectivity index (χ0n) is 8.09. The molecule has 78 valence electrons. The van der Waals surface area contributed by atoms with E-state index in [9.17, 15) is 5.11 Å². The normalized spacial score (nSPS) is 28.4. The Labute approximate surface area is 86.5 Å². The number of nitrogens with one attached hydrogen (secondary N) is 1. The van der Waals surface area contributed by atoms with Crippen LogP contribution in [-0.4, -0.2) is 23.8 Å². The molecule has 3 heteroatoms. The minimum absolute atomic E-state index is 0. The highest BCUT2D eigenvalue weighted by Gasteiger charge is 2.39. The van der Waals surface area contributed by atoms with Crippen molar-refractivity contribution in [2.45, 2.75) is 44.1 Å². The predicted octanol–water partition coefficient (Wildman–Crippen LogP) is 1.71. The molecule has 2 aliphatic rings. The molecular formula is C10H20ClNO. The number of hydrogen-bond donors (Lipinski definition) is 2. The topological polar surface area (TPSA) is 32.3 Å². The van der Waals surface area contributed by atoms with E-state index in [0.29, 0.717) is 5.92 Å². The van der Waals surface area contributed by atoms with Crippen molar-refractivity contribution in [2.24, 2.45) is 5.92 Å². The molecule has 0 bridgehead atoms. The molecule has 2 nitrogen and oxygen atoms in total.